The number of urea groups is 1. The molecule has 3 rings (SSSR count). The number of hydrogen-bond donors (Lipinski definition) is 2. The maximum Gasteiger partial charge on any atom is 0.329 e. The van der Waals surface area contributed by atoms with Crippen LogP contribution in [0.15, 0.2) is 0 Å². The van der Waals surface area contributed by atoms with Gasteiger partial charge < -0.3 is 15.4 Å². The van der Waals surface area contributed by atoms with Gasteiger partial charge in [-0.3, -0.25) is 14.5 Å². The van der Waals surface area contributed by atoms with Gasteiger partial charge in [0.1, 0.15) is 18.1 Å². The molecule has 0 bridgehead atoms. The zero-order valence-electron chi connectivity index (χ0n) is 14.9. The minimum absolute atomic E-state index is 0.0366. The minimum Gasteiger partial charge on any atom is -0.463 e. The van der Waals surface area contributed by atoms with E-state index < -0.39 is 34.9 Å². The smallest absolute Gasteiger partial charge is 0.329 e. The van der Waals surface area contributed by atoms with Crippen LogP contribution >= 0.6 is 0 Å². The number of ether oxygens (including phenoxy) is 1. The molecular weight excluding hydrogens is 326 g/mol. The summed E-state index contributed by atoms with van der Waals surface area (Å²) in [5.41, 5.74) is -1.41. The van der Waals surface area contributed by atoms with Crippen LogP contribution in [0.4, 0.5) is 4.79 Å². The highest BCUT2D eigenvalue weighted by Gasteiger charge is 2.55. The topological polar surface area (TPSA) is 105 Å². The SMILES string of the molecule is C[C@@H]1CCCC[C@]12NC(=O)N(CC(=O)N[C@H]1C(=O)OCC1(C)C)C2=O. The van der Waals surface area contributed by atoms with E-state index in [2.05, 4.69) is 10.6 Å². The fraction of sp³-hybridized carbons (Fsp3) is 0.765. The monoisotopic (exact) mass is 351 g/mol. The zero-order valence-corrected chi connectivity index (χ0v) is 14.9. The van der Waals surface area contributed by atoms with Crippen LogP contribution in [0.1, 0.15) is 46.5 Å². The Morgan fingerprint density at radius 1 is 1.32 bits per heavy atom. The maximum absolute atomic E-state index is 12.8. The summed E-state index contributed by atoms with van der Waals surface area (Å²) in [6.07, 6.45) is 3.37. The Morgan fingerprint density at radius 2 is 2.04 bits per heavy atom. The van der Waals surface area contributed by atoms with E-state index >= 15 is 0 Å². The van der Waals surface area contributed by atoms with E-state index in [4.69, 9.17) is 4.74 Å². The van der Waals surface area contributed by atoms with E-state index in [1.54, 1.807) is 0 Å². The third kappa shape index (κ3) is 2.87. The standard InChI is InChI=1S/C17H25N3O5/c1-10-6-4-5-7-17(10)14(23)20(15(24)19-17)8-11(21)18-12-13(22)25-9-16(12,2)3/h10,12H,4-9H2,1-3H3,(H,18,21)(H,19,24)/t10-,12+,17+/m1/s1. The number of carbonyl (C=O) groups is 4. The van der Waals surface area contributed by atoms with Crippen LogP contribution in [-0.4, -0.2) is 53.4 Å². The molecule has 2 saturated heterocycles. The van der Waals surface area contributed by atoms with Gasteiger partial charge in [0, 0.05) is 5.41 Å². The molecule has 1 aliphatic carbocycles. The van der Waals surface area contributed by atoms with Crippen LogP contribution in [0.25, 0.3) is 0 Å². The summed E-state index contributed by atoms with van der Waals surface area (Å²) in [5.74, 6) is -1.34. The second-order valence-corrected chi connectivity index (χ2v) is 8.04. The van der Waals surface area contributed by atoms with Crippen LogP contribution in [0.5, 0.6) is 0 Å². The van der Waals surface area contributed by atoms with Gasteiger partial charge in [-0.25, -0.2) is 9.59 Å². The third-order valence-corrected chi connectivity index (χ3v) is 5.71. The molecule has 8 heteroatoms. The molecule has 2 N–H and O–H groups in total. The first kappa shape index (κ1) is 17.7. The second kappa shape index (κ2) is 6.00. The molecule has 8 nitrogen and oxygen atoms in total. The Labute approximate surface area is 146 Å². The lowest BCUT2D eigenvalue weighted by atomic mass is 9.73. The molecule has 3 atom stereocenters. The maximum atomic E-state index is 12.8. The summed E-state index contributed by atoms with van der Waals surface area (Å²) in [7, 11) is 0. The van der Waals surface area contributed by atoms with Gasteiger partial charge >= 0.3 is 12.0 Å². The van der Waals surface area contributed by atoms with Gasteiger partial charge in [-0.2, -0.15) is 0 Å². The largest absolute Gasteiger partial charge is 0.463 e. The molecule has 138 valence electrons. The van der Waals surface area contributed by atoms with E-state index in [0.717, 1.165) is 24.2 Å². The first-order valence-corrected chi connectivity index (χ1v) is 8.77. The summed E-state index contributed by atoms with van der Waals surface area (Å²) in [4.78, 5) is 50.2. The predicted octanol–water partition coefficient (Wildman–Crippen LogP) is 0.555. The first-order valence-electron chi connectivity index (χ1n) is 8.77. The van der Waals surface area contributed by atoms with Crippen molar-refractivity contribution in [3.05, 3.63) is 0 Å². The fourth-order valence-electron chi connectivity index (χ4n) is 3.99. The lowest BCUT2D eigenvalue weighted by Crippen LogP contribution is -2.54. The number of nitrogens with zero attached hydrogens (tertiary/aromatic N) is 1. The van der Waals surface area contributed by atoms with Crippen molar-refractivity contribution < 1.29 is 23.9 Å². The minimum atomic E-state index is -0.888. The quantitative estimate of drug-likeness (QED) is 0.571. The molecule has 0 radical (unpaired) electrons. The van der Waals surface area contributed by atoms with E-state index in [9.17, 15) is 19.2 Å². The van der Waals surface area contributed by atoms with E-state index in [0.29, 0.717) is 6.42 Å². The highest BCUT2D eigenvalue weighted by atomic mass is 16.5. The Morgan fingerprint density at radius 3 is 2.64 bits per heavy atom. The van der Waals surface area contributed by atoms with Crippen LogP contribution in [0, 0.1) is 11.3 Å². The van der Waals surface area contributed by atoms with Gasteiger partial charge in [0.05, 0.1) is 6.61 Å². The number of amides is 4. The molecule has 3 fully saturated rings. The predicted molar refractivity (Wildman–Crippen MR) is 87.3 cm³/mol. The first-order chi connectivity index (χ1) is 11.7. The van der Waals surface area contributed by atoms with E-state index in [-0.39, 0.29) is 25.0 Å². The van der Waals surface area contributed by atoms with Crippen molar-refractivity contribution in [2.45, 2.75) is 58.0 Å². The van der Waals surface area contributed by atoms with Crippen molar-refractivity contribution in [1.82, 2.24) is 15.5 Å². The molecule has 25 heavy (non-hydrogen) atoms. The Bertz CT molecular complexity index is 632. The molecule has 0 aromatic carbocycles. The summed E-state index contributed by atoms with van der Waals surface area (Å²) >= 11 is 0. The van der Waals surface area contributed by atoms with Crippen molar-refractivity contribution in [2.75, 3.05) is 13.2 Å². The summed E-state index contributed by atoms with van der Waals surface area (Å²) in [5, 5.41) is 5.41. The number of rotatable bonds is 3. The van der Waals surface area contributed by atoms with Gasteiger partial charge in [-0.1, -0.05) is 33.6 Å². The molecule has 3 aliphatic rings. The highest BCUT2D eigenvalue weighted by Crippen LogP contribution is 2.38. The number of hydrogen-bond acceptors (Lipinski definition) is 5. The second-order valence-electron chi connectivity index (χ2n) is 8.04. The number of esters is 1. The third-order valence-electron chi connectivity index (χ3n) is 5.71. The van der Waals surface area contributed by atoms with Gasteiger partial charge in [-0.05, 0) is 18.8 Å². The average Bonchev–Trinajstić information content (AvgIpc) is 2.93. The molecule has 0 aromatic heterocycles. The Hall–Kier alpha value is -2.12. The zero-order chi connectivity index (χ0) is 18.4. The van der Waals surface area contributed by atoms with Gasteiger partial charge in [0.15, 0.2) is 0 Å². The number of imide groups is 1. The Kier molecular flexibility index (Phi) is 4.25. The molecule has 0 aromatic rings. The number of nitrogens with one attached hydrogen (secondary N) is 2. The van der Waals surface area contributed by atoms with Crippen molar-refractivity contribution in [3.8, 4) is 0 Å². The summed E-state index contributed by atoms with van der Waals surface area (Å²) in [6, 6.07) is -1.31. The summed E-state index contributed by atoms with van der Waals surface area (Å²) in [6.45, 7) is 5.42. The molecule has 4 amide bonds. The van der Waals surface area contributed by atoms with E-state index in [1.807, 2.05) is 20.8 Å². The summed E-state index contributed by atoms with van der Waals surface area (Å²) < 4.78 is 4.98. The number of carbonyl (C=O) groups excluding carboxylic acids is 4. The lowest BCUT2D eigenvalue weighted by Gasteiger charge is -2.36. The van der Waals surface area contributed by atoms with Gasteiger partial charge in [0.2, 0.25) is 5.91 Å². The Balaban J connectivity index is 1.68. The molecule has 2 heterocycles. The van der Waals surface area contributed by atoms with Crippen LogP contribution < -0.4 is 10.6 Å². The van der Waals surface area contributed by atoms with Crippen molar-refractivity contribution in [1.29, 1.82) is 0 Å². The van der Waals surface area contributed by atoms with Gasteiger partial charge in [-0.15, -0.1) is 0 Å². The highest BCUT2D eigenvalue weighted by molar-refractivity contribution is 6.09. The van der Waals surface area contributed by atoms with Crippen LogP contribution in [0.3, 0.4) is 0 Å². The van der Waals surface area contributed by atoms with Crippen LogP contribution in [-0.2, 0) is 19.1 Å². The molecule has 1 spiro atoms. The van der Waals surface area contributed by atoms with Crippen molar-refractivity contribution in [3.63, 3.8) is 0 Å². The van der Waals surface area contributed by atoms with E-state index in [1.165, 1.54) is 0 Å². The molecule has 1 saturated carbocycles. The average molecular weight is 351 g/mol. The molecule has 0 unspecified atom stereocenters. The molecular formula is C17H25N3O5. The molecule has 2 aliphatic heterocycles. The van der Waals surface area contributed by atoms with Crippen molar-refractivity contribution in [2.24, 2.45) is 11.3 Å². The van der Waals surface area contributed by atoms with Gasteiger partial charge in [0.25, 0.3) is 5.91 Å². The lowest BCUT2D eigenvalue weighted by molar-refractivity contribution is -0.142. The van der Waals surface area contributed by atoms with Crippen LogP contribution in [0.2, 0.25) is 0 Å². The normalized spacial score (nSPS) is 34.2. The van der Waals surface area contributed by atoms with Crippen molar-refractivity contribution >= 4 is 23.8 Å². The number of cyclic esters (lactones) is 1. The fourth-order valence-corrected chi connectivity index (χ4v) is 3.99.